The molecule has 1 amide bonds. The lowest BCUT2D eigenvalue weighted by atomic mass is 10.1. The van der Waals surface area contributed by atoms with Crippen molar-refractivity contribution in [1.82, 2.24) is 0 Å². The Bertz CT molecular complexity index is 904. The molecule has 0 aliphatic carbocycles. The second kappa shape index (κ2) is 8.14. The highest BCUT2D eigenvalue weighted by Gasteiger charge is 2.19. The zero-order chi connectivity index (χ0) is 19.3. The van der Waals surface area contributed by atoms with Gasteiger partial charge in [0.25, 0.3) is 5.91 Å². The zero-order valence-corrected chi connectivity index (χ0v) is 15.7. The van der Waals surface area contributed by atoms with Crippen LogP contribution in [-0.4, -0.2) is 32.7 Å². The number of rotatable bonds is 6. The smallest absolute Gasteiger partial charge is 0.338 e. The van der Waals surface area contributed by atoms with E-state index >= 15 is 0 Å². The SMILES string of the molecule is Cc1ccc(NC(=O)[C@H](C)OC(=O)c2cccc(CS(C)(=O)=O)c2)cc1. The quantitative estimate of drug-likeness (QED) is 0.784. The number of hydrogen-bond donors (Lipinski definition) is 1. The molecule has 2 rings (SSSR count). The lowest BCUT2D eigenvalue weighted by molar-refractivity contribution is -0.123. The first-order valence-corrected chi connectivity index (χ1v) is 10.1. The Morgan fingerprint density at radius 1 is 1.12 bits per heavy atom. The maximum absolute atomic E-state index is 12.2. The molecule has 0 aromatic heterocycles. The minimum absolute atomic E-state index is 0.169. The van der Waals surface area contributed by atoms with Crippen molar-refractivity contribution in [3.05, 3.63) is 65.2 Å². The average Bonchev–Trinajstić information content (AvgIpc) is 2.55. The molecule has 138 valence electrons. The molecule has 0 aliphatic heterocycles. The van der Waals surface area contributed by atoms with E-state index in [1.54, 1.807) is 24.3 Å². The Balaban J connectivity index is 2.01. The molecule has 6 nitrogen and oxygen atoms in total. The maximum Gasteiger partial charge on any atom is 0.338 e. The van der Waals surface area contributed by atoms with Crippen molar-refractivity contribution in [3.8, 4) is 0 Å². The van der Waals surface area contributed by atoms with E-state index in [9.17, 15) is 18.0 Å². The lowest BCUT2D eigenvalue weighted by Gasteiger charge is -2.14. The van der Waals surface area contributed by atoms with Gasteiger partial charge in [-0.05, 0) is 43.7 Å². The van der Waals surface area contributed by atoms with Crippen LogP contribution in [0.4, 0.5) is 5.69 Å². The van der Waals surface area contributed by atoms with Gasteiger partial charge in [0.1, 0.15) is 0 Å². The van der Waals surface area contributed by atoms with E-state index in [1.165, 1.54) is 19.1 Å². The number of carbonyl (C=O) groups excluding carboxylic acids is 2. The van der Waals surface area contributed by atoms with Gasteiger partial charge in [-0.25, -0.2) is 13.2 Å². The van der Waals surface area contributed by atoms with E-state index in [0.29, 0.717) is 11.3 Å². The first-order valence-electron chi connectivity index (χ1n) is 7.99. The van der Waals surface area contributed by atoms with Gasteiger partial charge in [-0.3, -0.25) is 4.79 Å². The molecule has 1 atom stereocenters. The number of anilines is 1. The van der Waals surface area contributed by atoms with Crippen LogP contribution in [-0.2, 0) is 25.1 Å². The van der Waals surface area contributed by atoms with Crippen molar-refractivity contribution in [1.29, 1.82) is 0 Å². The van der Waals surface area contributed by atoms with Gasteiger partial charge in [-0.15, -0.1) is 0 Å². The number of hydrogen-bond acceptors (Lipinski definition) is 5. The summed E-state index contributed by atoms with van der Waals surface area (Å²) in [6.45, 7) is 3.41. The molecule has 0 bridgehead atoms. The predicted molar refractivity (Wildman–Crippen MR) is 99.7 cm³/mol. The highest BCUT2D eigenvalue weighted by atomic mass is 32.2. The molecule has 0 unspecified atom stereocenters. The molecule has 0 heterocycles. The molecule has 0 saturated heterocycles. The van der Waals surface area contributed by atoms with Gasteiger partial charge in [0.2, 0.25) is 0 Å². The lowest BCUT2D eigenvalue weighted by Crippen LogP contribution is -2.30. The van der Waals surface area contributed by atoms with Crippen LogP contribution in [0.25, 0.3) is 0 Å². The third kappa shape index (κ3) is 6.00. The monoisotopic (exact) mass is 375 g/mol. The minimum atomic E-state index is -3.21. The Morgan fingerprint density at radius 3 is 2.38 bits per heavy atom. The summed E-state index contributed by atoms with van der Waals surface area (Å²) in [5, 5.41) is 2.67. The third-order valence-electron chi connectivity index (χ3n) is 3.56. The molecule has 0 saturated carbocycles. The molecule has 1 N–H and O–H groups in total. The summed E-state index contributed by atoms with van der Waals surface area (Å²) in [4.78, 5) is 24.4. The summed E-state index contributed by atoms with van der Waals surface area (Å²) in [6, 6.07) is 13.4. The molecular formula is C19H21NO5S. The van der Waals surface area contributed by atoms with Crippen molar-refractivity contribution in [3.63, 3.8) is 0 Å². The van der Waals surface area contributed by atoms with Crippen LogP contribution >= 0.6 is 0 Å². The second-order valence-electron chi connectivity index (χ2n) is 6.17. The molecule has 0 aliphatic rings. The number of nitrogens with one attached hydrogen (secondary N) is 1. The van der Waals surface area contributed by atoms with Crippen LogP contribution in [0.5, 0.6) is 0 Å². The van der Waals surface area contributed by atoms with Gasteiger partial charge in [0, 0.05) is 11.9 Å². The molecule has 26 heavy (non-hydrogen) atoms. The van der Waals surface area contributed by atoms with Crippen LogP contribution in [0, 0.1) is 6.92 Å². The average molecular weight is 375 g/mol. The Labute approximate surface area is 153 Å². The zero-order valence-electron chi connectivity index (χ0n) is 14.9. The fourth-order valence-electron chi connectivity index (χ4n) is 2.25. The number of amides is 1. The van der Waals surface area contributed by atoms with Gasteiger partial charge >= 0.3 is 5.97 Å². The molecule has 0 fully saturated rings. The Kier molecular flexibility index (Phi) is 6.15. The van der Waals surface area contributed by atoms with Gasteiger partial charge in [0.05, 0.1) is 11.3 Å². The number of sulfone groups is 1. The van der Waals surface area contributed by atoms with Crippen molar-refractivity contribution >= 4 is 27.4 Å². The van der Waals surface area contributed by atoms with Crippen molar-refractivity contribution in [2.45, 2.75) is 25.7 Å². The van der Waals surface area contributed by atoms with E-state index < -0.39 is 27.8 Å². The standard InChI is InChI=1S/C19H21NO5S/c1-13-7-9-17(10-8-13)20-18(21)14(2)25-19(22)16-6-4-5-15(11-16)12-26(3,23)24/h4-11,14H,12H2,1-3H3,(H,20,21)/t14-/m0/s1. The van der Waals surface area contributed by atoms with Crippen molar-refractivity contribution in [2.75, 3.05) is 11.6 Å². The summed E-state index contributed by atoms with van der Waals surface area (Å²) in [6.07, 6.45) is 0.123. The number of ether oxygens (including phenoxy) is 1. The molecule has 2 aromatic rings. The number of carbonyl (C=O) groups is 2. The topological polar surface area (TPSA) is 89.5 Å². The van der Waals surface area contributed by atoms with E-state index in [1.807, 2.05) is 19.1 Å². The molecule has 0 radical (unpaired) electrons. The van der Waals surface area contributed by atoms with Crippen LogP contribution < -0.4 is 5.32 Å². The first kappa shape index (κ1) is 19.7. The normalized spacial score (nSPS) is 12.3. The predicted octanol–water partition coefficient (Wildman–Crippen LogP) is 2.72. The minimum Gasteiger partial charge on any atom is -0.449 e. The largest absolute Gasteiger partial charge is 0.449 e. The van der Waals surface area contributed by atoms with Crippen LogP contribution in [0.1, 0.15) is 28.4 Å². The molecule has 7 heteroatoms. The molecular weight excluding hydrogens is 354 g/mol. The van der Waals surface area contributed by atoms with E-state index in [2.05, 4.69) is 5.32 Å². The highest BCUT2D eigenvalue weighted by molar-refractivity contribution is 7.89. The Hall–Kier alpha value is -2.67. The van der Waals surface area contributed by atoms with Gasteiger partial charge in [-0.2, -0.15) is 0 Å². The number of aryl methyl sites for hydroxylation is 1. The van der Waals surface area contributed by atoms with Crippen LogP contribution in [0.3, 0.4) is 0 Å². The summed E-state index contributed by atoms with van der Waals surface area (Å²) in [5.74, 6) is -1.31. The number of esters is 1. The van der Waals surface area contributed by atoms with Crippen molar-refractivity contribution < 1.29 is 22.7 Å². The van der Waals surface area contributed by atoms with Gasteiger partial charge in [0.15, 0.2) is 15.9 Å². The molecule has 2 aromatic carbocycles. The summed E-state index contributed by atoms with van der Waals surface area (Å²) in [7, 11) is -3.21. The highest BCUT2D eigenvalue weighted by Crippen LogP contribution is 2.13. The van der Waals surface area contributed by atoms with E-state index in [0.717, 1.165) is 11.8 Å². The fourth-order valence-corrected chi connectivity index (χ4v) is 3.04. The molecule has 0 spiro atoms. The van der Waals surface area contributed by atoms with Gasteiger partial charge in [-0.1, -0.05) is 29.8 Å². The fraction of sp³-hybridized carbons (Fsp3) is 0.263. The second-order valence-corrected chi connectivity index (χ2v) is 8.31. The van der Waals surface area contributed by atoms with E-state index in [4.69, 9.17) is 4.74 Å². The van der Waals surface area contributed by atoms with E-state index in [-0.39, 0.29) is 11.3 Å². The summed E-state index contributed by atoms with van der Waals surface area (Å²) >= 11 is 0. The number of benzene rings is 2. The maximum atomic E-state index is 12.2. The summed E-state index contributed by atoms with van der Waals surface area (Å²) in [5.41, 5.74) is 2.36. The van der Waals surface area contributed by atoms with Crippen LogP contribution in [0.15, 0.2) is 48.5 Å². The summed E-state index contributed by atoms with van der Waals surface area (Å²) < 4.78 is 27.9. The van der Waals surface area contributed by atoms with Gasteiger partial charge < -0.3 is 10.1 Å². The first-order chi connectivity index (χ1) is 12.1. The Morgan fingerprint density at radius 2 is 1.77 bits per heavy atom. The van der Waals surface area contributed by atoms with Crippen LogP contribution in [0.2, 0.25) is 0 Å². The third-order valence-corrected chi connectivity index (χ3v) is 4.42. The van der Waals surface area contributed by atoms with Crippen molar-refractivity contribution in [2.24, 2.45) is 0 Å².